The molecule has 0 aromatic rings. The minimum atomic E-state index is 0.318. The van der Waals surface area contributed by atoms with E-state index in [0.717, 1.165) is 32.5 Å². The number of nitrogens with zero attached hydrogens (tertiary/aromatic N) is 1. The minimum absolute atomic E-state index is 0.318. The van der Waals surface area contributed by atoms with Gasteiger partial charge in [0.25, 0.3) is 0 Å². The molecule has 0 heterocycles. The maximum absolute atomic E-state index is 8.60. The van der Waals surface area contributed by atoms with Crippen LogP contribution in [-0.2, 0) is 0 Å². The van der Waals surface area contributed by atoms with Crippen molar-refractivity contribution in [1.29, 1.82) is 0 Å². The Kier molecular flexibility index (Phi) is 8.40. The first kappa shape index (κ1) is 12.9. The van der Waals surface area contributed by atoms with Gasteiger partial charge in [-0.25, -0.2) is 0 Å². The SMILES string of the molecule is CC(C)NCCN(C)CCCCO. The van der Waals surface area contributed by atoms with Gasteiger partial charge in [-0.1, -0.05) is 13.8 Å². The number of nitrogens with one attached hydrogen (secondary N) is 1. The molecule has 0 unspecified atom stereocenters. The zero-order valence-corrected chi connectivity index (χ0v) is 9.21. The van der Waals surface area contributed by atoms with E-state index in [0.29, 0.717) is 12.6 Å². The van der Waals surface area contributed by atoms with Crippen LogP contribution in [0.5, 0.6) is 0 Å². The van der Waals surface area contributed by atoms with Gasteiger partial charge in [0.2, 0.25) is 0 Å². The molecule has 0 radical (unpaired) electrons. The number of likely N-dealkylation sites (N-methyl/N-ethyl adjacent to an activating group) is 1. The van der Waals surface area contributed by atoms with Crippen LogP contribution in [0.3, 0.4) is 0 Å². The van der Waals surface area contributed by atoms with E-state index in [9.17, 15) is 0 Å². The van der Waals surface area contributed by atoms with Crippen molar-refractivity contribution in [2.24, 2.45) is 0 Å². The second-order valence-electron chi connectivity index (χ2n) is 3.84. The Labute approximate surface area is 82.1 Å². The molecule has 0 amide bonds. The van der Waals surface area contributed by atoms with E-state index in [2.05, 4.69) is 31.1 Å². The van der Waals surface area contributed by atoms with Gasteiger partial charge in [0, 0.05) is 25.7 Å². The fourth-order valence-corrected chi connectivity index (χ4v) is 1.15. The fraction of sp³-hybridized carbons (Fsp3) is 1.00. The number of hydrogen-bond donors (Lipinski definition) is 2. The van der Waals surface area contributed by atoms with Crippen LogP contribution in [0.1, 0.15) is 26.7 Å². The first-order valence-electron chi connectivity index (χ1n) is 5.19. The second kappa shape index (κ2) is 8.48. The van der Waals surface area contributed by atoms with E-state index in [1.807, 2.05) is 0 Å². The van der Waals surface area contributed by atoms with Crippen LogP contribution in [0.25, 0.3) is 0 Å². The van der Waals surface area contributed by atoms with E-state index in [1.54, 1.807) is 0 Å². The molecule has 0 aliphatic rings. The smallest absolute Gasteiger partial charge is 0.0431 e. The number of rotatable bonds is 8. The van der Waals surface area contributed by atoms with Crippen LogP contribution >= 0.6 is 0 Å². The van der Waals surface area contributed by atoms with E-state index in [1.165, 1.54) is 0 Å². The van der Waals surface area contributed by atoms with Gasteiger partial charge in [0.15, 0.2) is 0 Å². The second-order valence-corrected chi connectivity index (χ2v) is 3.84. The number of aliphatic hydroxyl groups excluding tert-OH is 1. The van der Waals surface area contributed by atoms with Gasteiger partial charge >= 0.3 is 0 Å². The van der Waals surface area contributed by atoms with Crippen molar-refractivity contribution in [2.45, 2.75) is 32.7 Å². The molecule has 0 bridgehead atoms. The normalized spacial score (nSPS) is 11.5. The van der Waals surface area contributed by atoms with E-state index < -0.39 is 0 Å². The molecule has 0 saturated heterocycles. The predicted octanol–water partition coefficient (Wildman–Crippen LogP) is 0.689. The quantitative estimate of drug-likeness (QED) is 0.550. The Bertz CT molecular complexity index is 107. The van der Waals surface area contributed by atoms with Gasteiger partial charge in [-0.2, -0.15) is 0 Å². The van der Waals surface area contributed by atoms with Gasteiger partial charge in [-0.15, -0.1) is 0 Å². The van der Waals surface area contributed by atoms with E-state index in [-0.39, 0.29) is 0 Å². The first-order valence-corrected chi connectivity index (χ1v) is 5.19. The third-order valence-corrected chi connectivity index (χ3v) is 1.99. The van der Waals surface area contributed by atoms with Crippen molar-refractivity contribution in [3.8, 4) is 0 Å². The summed E-state index contributed by atoms with van der Waals surface area (Å²) in [6.45, 7) is 7.85. The molecule has 80 valence electrons. The third kappa shape index (κ3) is 9.80. The summed E-state index contributed by atoms with van der Waals surface area (Å²) in [5, 5.41) is 12.0. The Morgan fingerprint density at radius 3 is 2.46 bits per heavy atom. The monoisotopic (exact) mass is 188 g/mol. The maximum atomic E-state index is 8.60. The molecule has 3 nitrogen and oxygen atoms in total. The lowest BCUT2D eigenvalue weighted by atomic mass is 10.3. The molecule has 0 aliphatic carbocycles. The largest absolute Gasteiger partial charge is 0.396 e. The Morgan fingerprint density at radius 1 is 1.23 bits per heavy atom. The van der Waals surface area contributed by atoms with Crippen LogP contribution in [0, 0.1) is 0 Å². The van der Waals surface area contributed by atoms with Crippen LogP contribution in [0.15, 0.2) is 0 Å². The molecule has 13 heavy (non-hydrogen) atoms. The Morgan fingerprint density at radius 2 is 1.92 bits per heavy atom. The van der Waals surface area contributed by atoms with Crippen molar-refractivity contribution in [3.05, 3.63) is 0 Å². The molecule has 0 fully saturated rings. The van der Waals surface area contributed by atoms with Crippen molar-refractivity contribution in [2.75, 3.05) is 33.3 Å². The summed E-state index contributed by atoms with van der Waals surface area (Å²) in [6.07, 6.45) is 2.01. The van der Waals surface area contributed by atoms with Gasteiger partial charge < -0.3 is 15.3 Å². The molecular formula is C10H24N2O. The summed E-state index contributed by atoms with van der Waals surface area (Å²) < 4.78 is 0. The predicted molar refractivity (Wildman–Crippen MR) is 57.0 cm³/mol. The summed E-state index contributed by atoms with van der Waals surface area (Å²) >= 11 is 0. The average Bonchev–Trinajstić information content (AvgIpc) is 2.04. The molecule has 0 saturated carbocycles. The highest BCUT2D eigenvalue weighted by molar-refractivity contribution is 4.57. The number of hydrogen-bond acceptors (Lipinski definition) is 3. The average molecular weight is 188 g/mol. The molecular weight excluding hydrogens is 164 g/mol. The molecule has 0 rings (SSSR count). The highest BCUT2D eigenvalue weighted by Crippen LogP contribution is 1.90. The zero-order chi connectivity index (χ0) is 10.1. The molecule has 0 aromatic heterocycles. The summed E-state index contributed by atoms with van der Waals surface area (Å²) in [4.78, 5) is 2.30. The molecule has 0 spiro atoms. The molecule has 0 aromatic carbocycles. The molecule has 3 heteroatoms. The summed E-state index contributed by atoms with van der Waals surface area (Å²) in [7, 11) is 2.12. The zero-order valence-electron chi connectivity index (χ0n) is 9.21. The molecule has 0 atom stereocenters. The highest BCUT2D eigenvalue weighted by atomic mass is 16.2. The summed E-state index contributed by atoms with van der Waals surface area (Å²) in [5.41, 5.74) is 0. The maximum Gasteiger partial charge on any atom is 0.0431 e. The molecule has 2 N–H and O–H groups in total. The number of aliphatic hydroxyl groups is 1. The molecule has 0 aliphatic heterocycles. The van der Waals surface area contributed by atoms with Crippen LogP contribution in [-0.4, -0.2) is 49.3 Å². The van der Waals surface area contributed by atoms with E-state index >= 15 is 0 Å². The van der Waals surface area contributed by atoms with Gasteiger partial charge in [-0.05, 0) is 26.4 Å². The standard InChI is InChI=1S/C10H24N2O/c1-10(2)11-6-8-12(3)7-4-5-9-13/h10-11,13H,4-9H2,1-3H3. The van der Waals surface area contributed by atoms with Crippen molar-refractivity contribution < 1.29 is 5.11 Å². The lowest BCUT2D eigenvalue weighted by Gasteiger charge is -2.17. The van der Waals surface area contributed by atoms with Crippen LogP contribution in [0.2, 0.25) is 0 Å². The highest BCUT2D eigenvalue weighted by Gasteiger charge is 1.97. The van der Waals surface area contributed by atoms with Crippen molar-refractivity contribution in [3.63, 3.8) is 0 Å². The Balaban J connectivity index is 3.15. The Hall–Kier alpha value is -0.120. The van der Waals surface area contributed by atoms with Gasteiger partial charge in [0.1, 0.15) is 0 Å². The lowest BCUT2D eigenvalue weighted by molar-refractivity contribution is 0.262. The fourth-order valence-electron chi connectivity index (χ4n) is 1.15. The van der Waals surface area contributed by atoms with Crippen LogP contribution in [0.4, 0.5) is 0 Å². The minimum Gasteiger partial charge on any atom is -0.396 e. The topological polar surface area (TPSA) is 35.5 Å². The van der Waals surface area contributed by atoms with Gasteiger partial charge in [-0.3, -0.25) is 0 Å². The summed E-state index contributed by atoms with van der Waals surface area (Å²) in [6, 6.07) is 0.575. The first-order chi connectivity index (χ1) is 6.16. The summed E-state index contributed by atoms with van der Waals surface area (Å²) in [5.74, 6) is 0. The van der Waals surface area contributed by atoms with Gasteiger partial charge in [0.05, 0.1) is 0 Å². The van der Waals surface area contributed by atoms with Crippen molar-refractivity contribution >= 4 is 0 Å². The van der Waals surface area contributed by atoms with Crippen LogP contribution < -0.4 is 5.32 Å². The number of unbranched alkanes of at least 4 members (excludes halogenated alkanes) is 1. The van der Waals surface area contributed by atoms with E-state index in [4.69, 9.17) is 5.11 Å². The van der Waals surface area contributed by atoms with Crippen molar-refractivity contribution in [1.82, 2.24) is 10.2 Å². The lowest BCUT2D eigenvalue weighted by Crippen LogP contribution is -2.33. The third-order valence-electron chi connectivity index (χ3n) is 1.99.